The Bertz CT molecular complexity index is 543. The lowest BCUT2D eigenvalue weighted by Crippen LogP contribution is -2.67. The SMILES string of the molecule is CO[C@H](C(=O)N(C)[C@@H]1[C@H]2CCO[C@@H]2C1(C)C)c1ccccc1. The first-order valence-corrected chi connectivity index (χ1v) is 7.94. The van der Waals surface area contributed by atoms with Gasteiger partial charge < -0.3 is 14.4 Å². The van der Waals surface area contributed by atoms with Gasteiger partial charge in [-0.1, -0.05) is 44.2 Å². The van der Waals surface area contributed by atoms with E-state index in [9.17, 15) is 4.79 Å². The molecule has 4 heteroatoms. The summed E-state index contributed by atoms with van der Waals surface area (Å²) in [6, 6.07) is 9.90. The number of methoxy groups -OCH3 is 1. The predicted octanol–water partition coefficient (Wildman–Crippen LogP) is 2.65. The van der Waals surface area contributed by atoms with Crippen LogP contribution in [0.2, 0.25) is 0 Å². The maximum absolute atomic E-state index is 12.9. The highest BCUT2D eigenvalue weighted by molar-refractivity contribution is 5.82. The van der Waals surface area contributed by atoms with Crippen molar-refractivity contribution in [3.8, 4) is 0 Å². The number of rotatable bonds is 4. The van der Waals surface area contributed by atoms with E-state index in [1.807, 2.05) is 42.3 Å². The summed E-state index contributed by atoms with van der Waals surface area (Å²) in [5.41, 5.74) is 0.902. The summed E-state index contributed by atoms with van der Waals surface area (Å²) in [5.74, 6) is 0.481. The molecule has 1 amide bonds. The van der Waals surface area contributed by atoms with Crippen LogP contribution in [-0.4, -0.2) is 43.7 Å². The van der Waals surface area contributed by atoms with Gasteiger partial charge in [0.2, 0.25) is 0 Å². The number of carbonyl (C=O) groups is 1. The van der Waals surface area contributed by atoms with Gasteiger partial charge in [-0.3, -0.25) is 4.79 Å². The number of ether oxygens (including phenoxy) is 2. The van der Waals surface area contributed by atoms with Crippen LogP contribution in [-0.2, 0) is 14.3 Å². The van der Waals surface area contributed by atoms with E-state index >= 15 is 0 Å². The van der Waals surface area contributed by atoms with Crippen LogP contribution in [0.4, 0.5) is 0 Å². The van der Waals surface area contributed by atoms with E-state index in [1.165, 1.54) is 0 Å². The molecule has 0 radical (unpaired) electrons. The van der Waals surface area contributed by atoms with Gasteiger partial charge in [-0.15, -0.1) is 0 Å². The lowest BCUT2D eigenvalue weighted by molar-refractivity contribution is -0.174. The molecule has 3 rings (SSSR count). The highest BCUT2D eigenvalue weighted by atomic mass is 16.5. The van der Waals surface area contributed by atoms with Gasteiger partial charge in [-0.2, -0.15) is 0 Å². The van der Waals surface area contributed by atoms with Crippen LogP contribution >= 0.6 is 0 Å². The topological polar surface area (TPSA) is 38.8 Å². The maximum Gasteiger partial charge on any atom is 0.256 e. The van der Waals surface area contributed by atoms with Crippen molar-refractivity contribution in [2.24, 2.45) is 11.3 Å². The second-order valence-electron chi connectivity index (χ2n) is 6.99. The van der Waals surface area contributed by atoms with E-state index in [4.69, 9.17) is 9.47 Å². The molecule has 1 saturated heterocycles. The van der Waals surface area contributed by atoms with Crippen molar-refractivity contribution in [1.29, 1.82) is 0 Å². The molecule has 0 N–H and O–H groups in total. The molecule has 0 bridgehead atoms. The molecule has 0 spiro atoms. The molecule has 22 heavy (non-hydrogen) atoms. The van der Waals surface area contributed by atoms with Gasteiger partial charge in [-0.25, -0.2) is 0 Å². The Morgan fingerprint density at radius 1 is 1.36 bits per heavy atom. The second kappa shape index (κ2) is 5.67. The molecule has 120 valence electrons. The average molecular weight is 303 g/mol. The Labute approximate surface area is 132 Å². The number of amides is 1. The number of likely N-dealkylation sites (N-methyl/N-ethyl adjacent to an activating group) is 1. The maximum atomic E-state index is 12.9. The average Bonchev–Trinajstić information content (AvgIpc) is 2.95. The molecule has 1 heterocycles. The quantitative estimate of drug-likeness (QED) is 0.858. The van der Waals surface area contributed by atoms with Gasteiger partial charge in [-0.05, 0) is 12.0 Å². The number of fused-ring (bicyclic) bond motifs is 1. The summed E-state index contributed by atoms with van der Waals surface area (Å²) in [7, 11) is 3.50. The first-order chi connectivity index (χ1) is 10.5. The van der Waals surface area contributed by atoms with Crippen LogP contribution in [0.3, 0.4) is 0 Å². The van der Waals surface area contributed by atoms with Crippen molar-refractivity contribution in [1.82, 2.24) is 4.90 Å². The van der Waals surface area contributed by atoms with E-state index in [1.54, 1.807) is 7.11 Å². The van der Waals surface area contributed by atoms with Gasteiger partial charge >= 0.3 is 0 Å². The number of hydrogen-bond acceptors (Lipinski definition) is 3. The largest absolute Gasteiger partial charge is 0.377 e. The molecule has 4 atom stereocenters. The Kier molecular flexibility index (Phi) is 4.00. The van der Waals surface area contributed by atoms with Crippen LogP contribution in [0.15, 0.2) is 30.3 Å². The fraction of sp³-hybridized carbons (Fsp3) is 0.611. The van der Waals surface area contributed by atoms with Crippen LogP contribution in [0.25, 0.3) is 0 Å². The van der Waals surface area contributed by atoms with Crippen molar-refractivity contribution in [2.75, 3.05) is 20.8 Å². The highest BCUT2D eigenvalue weighted by Crippen LogP contribution is 2.54. The molecule has 2 aliphatic rings. The lowest BCUT2D eigenvalue weighted by Gasteiger charge is -2.58. The first-order valence-electron chi connectivity index (χ1n) is 7.94. The Morgan fingerprint density at radius 3 is 2.68 bits per heavy atom. The smallest absolute Gasteiger partial charge is 0.256 e. The minimum absolute atomic E-state index is 0.000552. The Hall–Kier alpha value is -1.39. The zero-order valence-electron chi connectivity index (χ0n) is 13.8. The molecule has 1 aromatic rings. The monoisotopic (exact) mass is 303 g/mol. The van der Waals surface area contributed by atoms with Gasteiger partial charge in [0.05, 0.1) is 6.10 Å². The fourth-order valence-electron chi connectivity index (χ4n) is 4.41. The van der Waals surface area contributed by atoms with E-state index < -0.39 is 6.10 Å². The van der Waals surface area contributed by atoms with E-state index in [2.05, 4.69) is 13.8 Å². The number of nitrogens with zero attached hydrogens (tertiary/aromatic N) is 1. The molecule has 2 fully saturated rings. The van der Waals surface area contributed by atoms with Crippen molar-refractivity contribution >= 4 is 5.91 Å². The summed E-state index contributed by atoms with van der Waals surface area (Å²) in [6.07, 6.45) is 0.785. The summed E-state index contributed by atoms with van der Waals surface area (Å²) >= 11 is 0. The predicted molar refractivity (Wildman–Crippen MR) is 84.4 cm³/mol. The third kappa shape index (κ3) is 2.25. The van der Waals surface area contributed by atoms with Crippen molar-refractivity contribution in [3.63, 3.8) is 0 Å². The molecular weight excluding hydrogens is 278 g/mol. The molecular formula is C18H25NO3. The molecule has 0 aromatic heterocycles. The molecule has 1 saturated carbocycles. The van der Waals surface area contributed by atoms with Gasteiger partial charge in [0.15, 0.2) is 6.10 Å². The first kappa shape index (κ1) is 15.5. The molecule has 1 aromatic carbocycles. The lowest BCUT2D eigenvalue weighted by atomic mass is 9.56. The van der Waals surface area contributed by atoms with Crippen LogP contribution in [0.1, 0.15) is 31.9 Å². The Balaban J connectivity index is 1.79. The van der Waals surface area contributed by atoms with Gasteiger partial charge in [0.1, 0.15) is 0 Å². The third-order valence-electron chi connectivity index (χ3n) is 5.37. The fourth-order valence-corrected chi connectivity index (χ4v) is 4.41. The third-order valence-corrected chi connectivity index (χ3v) is 5.37. The van der Waals surface area contributed by atoms with Crippen LogP contribution in [0.5, 0.6) is 0 Å². The number of benzene rings is 1. The van der Waals surface area contributed by atoms with E-state index in [0.717, 1.165) is 18.6 Å². The van der Waals surface area contributed by atoms with Crippen molar-refractivity contribution in [3.05, 3.63) is 35.9 Å². The molecule has 4 nitrogen and oxygen atoms in total. The van der Waals surface area contributed by atoms with E-state index in [0.29, 0.717) is 5.92 Å². The summed E-state index contributed by atoms with van der Waals surface area (Å²) < 4.78 is 11.3. The number of hydrogen-bond donors (Lipinski definition) is 0. The van der Waals surface area contributed by atoms with E-state index in [-0.39, 0.29) is 23.5 Å². The molecule has 0 unspecified atom stereocenters. The number of carbonyl (C=O) groups excluding carboxylic acids is 1. The standard InChI is InChI=1S/C18H25NO3/c1-18(2)15(13-10-11-22-16(13)18)19(3)17(20)14(21-4)12-8-6-5-7-9-12/h5-9,13-16H,10-11H2,1-4H3/t13-,14+,15-,16+/m1/s1. The molecule has 1 aliphatic heterocycles. The normalized spacial score (nSPS) is 30.3. The zero-order valence-corrected chi connectivity index (χ0v) is 13.8. The summed E-state index contributed by atoms with van der Waals surface area (Å²) in [4.78, 5) is 14.8. The second-order valence-corrected chi connectivity index (χ2v) is 6.99. The van der Waals surface area contributed by atoms with Crippen LogP contribution in [0, 0.1) is 11.3 Å². The summed E-state index contributed by atoms with van der Waals surface area (Å²) in [5, 5.41) is 0. The minimum atomic E-state index is -0.539. The zero-order chi connectivity index (χ0) is 15.9. The minimum Gasteiger partial charge on any atom is -0.377 e. The highest BCUT2D eigenvalue weighted by Gasteiger charge is 2.61. The summed E-state index contributed by atoms with van der Waals surface area (Å²) in [6.45, 7) is 5.19. The van der Waals surface area contributed by atoms with Gasteiger partial charge in [0.25, 0.3) is 5.91 Å². The van der Waals surface area contributed by atoms with Gasteiger partial charge in [0, 0.05) is 38.1 Å². The molecule has 1 aliphatic carbocycles. The Morgan fingerprint density at radius 2 is 2.05 bits per heavy atom. The van der Waals surface area contributed by atoms with Crippen molar-refractivity contribution < 1.29 is 14.3 Å². The van der Waals surface area contributed by atoms with Crippen LogP contribution < -0.4 is 0 Å². The van der Waals surface area contributed by atoms with Crippen molar-refractivity contribution in [2.45, 2.75) is 38.5 Å².